The molecule has 0 radical (unpaired) electrons. The molecule has 2 aliphatic rings. The highest BCUT2D eigenvalue weighted by molar-refractivity contribution is 5.79. The Morgan fingerprint density at radius 1 is 0.884 bits per heavy atom. The van der Waals surface area contributed by atoms with Gasteiger partial charge in [-0.05, 0) is 54.7 Å². The number of Topliss-reactive ketones (excluding diaryl/α,β-unsaturated/α-hetero) is 1. The van der Waals surface area contributed by atoms with Gasteiger partial charge in [0.05, 0.1) is 25.9 Å². The summed E-state index contributed by atoms with van der Waals surface area (Å²) in [7, 11) is 0. The van der Waals surface area contributed by atoms with Crippen LogP contribution in [0.2, 0.25) is 0 Å². The number of aromatic hydroxyl groups is 2. The maximum Gasteiger partial charge on any atom is 0.186 e. The second-order valence-electron chi connectivity index (χ2n) is 11.1. The number of aryl methyl sites for hydroxylation is 2. The van der Waals surface area contributed by atoms with Crippen LogP contribution in [0.5, 0.6) is 11.5 Å². The van der Waals surface area contributed by atoms with Crippen molar-refractivity contribution in [1.82, 2.24) is 0 Å². The molecule has 238 valence electrons. The molecule has 13 heteroatoms. The highest BCUT2D eigenvalue weighted by atomic mass is 16.7. The van der Waals surface area contributed by atoms with E-state index in [9.17, 15) is 45.6 Å². The van der Waals surface area contributed by atoms with Gasteiger partial charge in [0.15, 0.2) is 12.6 Å². The van der Waals surface area contributed by atoms with E-state index in [1.54, 1.807) is 24.3 Å². The number of hydrogen-bond acceptors (Lipinski definition) is 13. The van der Waals surface area contributed by atoms with Crippen LogP contribution in [0.1, 0.15) is 30.4 Å². The minimum atomic E-state index is -1.92. The average Bonchev–Trinajstić information content (AvgIpc) is 3.29. The van der Waals surface area contributed by atoms with Crippen molar-refractivity contribution >= 4 is 5.78 Å². The lowest BCUT2D eigenvalue weighted by molar-refractivity contribution is -0.318. The Morgan fingerprint density at radius 2 is 1.49 bits per heavy atom. The van der Waals surface area contributed by atoms with Crippen LogP contribution in [0, 0.1) is 0 Å². The lowest BCUT2D eigenvalue weighted by Gasteiger charge is -2.41. The molecule has 4 rings (SSSR count). The summed E-state index contributed by atoms with van der Waals surface area (Å²) in [6, 6.07) is 13.1. The zero-order chi connectivity index (χ0) is 31.1. The standard InChI is InChI=1S/C30H40O13/c31-15-30(39)16-41-29(27(30)38)40-14-23-24(35)25(36)26(37)28(43-23)42-22(12-6-18-3-9-20(33)10-4-18)13-21(34)11-5-17-1-7-19(32)8-2-17/h1-4,7-10,22-29,31-33,35-39H,5-6,11-16H2/t22-,23+,24+,25-,26+,27-,28+,29+,30+/m0/s1. The molecule has 0 amide bonds. The van der Waals surface area contributed by atoms with Gasteiger partial charge in [-0.1, -0.05) is 24.3 Å². The summed E-state index contributed by atoms with van der Waals surface area (Å²) >= 11 is 0. The van der Waals surface area contributed by atoms with Gasteiger partial charge in [-0.25, -0.2) is 0 Å². The van der Waals surface area contributed by atoms with Crippen LogP contribution in [0.25, 0.3) is 0 Å². The van der Waals surface area contributed by atoms with E-state index < -0.39 is 68.0 Å². The monoisotopic (exact) mass is 608 g/mol. The number of ether oxygens (including phenoxy) is 4. The zero-order valence-corrected chi connectivity index (χ0v) is 23.5. The van der Waals surface area contributed by atoms with E-state index in [-0.39, 0.29) is 36.7 Å². The topological polar surface area (TPSA) is 216 Å². The molecular weight excluding hydrogens is 568 g/mol. The van der Waals surface area contributed by atoms with Crippen molar-refractivity contribution in [2.45, 2.75) is 86.9 Å². The van der Waals surface area contributed by atoms with Crippen LogP contribution < -0.4 is 0 Å². The third-order valence-electron chi connectivity index (χ3n) is 7.78. The Balaban J connectivity index is 1.40. The molecule has 0 unspecified atom stereocenters. The van der Waals surface area contributed by atoms with E-state index in [0.717, 1.165) is 11.1 Å². The third-order valence-corrected chi connectivity index (χ3v) is 7.78. The van der Waals surface area contributed by atoms with Crippen LogP contribution >= 0.6 is 0 Å². The van der Waals surface area contributed by atoms with Crippen molar-refractivity contribution in [3.63, 3.8) is 0 Å². The van der Waals surface area contributed by atoms with Gasteiger partial charge in [0, 0.05) is 12.8 Å². The first-order valence-electron chi connectivity index (χ1n) is 14.2. The van der Waals surface area contributed by atoms with Crippen LogP contribution in [-0.2, 0) is 36.6 Å². The minimum Gasteiger partial charge on any atom is -0.508 e. The predicted octanol–water partition coefficient (Wildman–Crippen LogP) is -0.728. The molecule has 0 bridgehead atoms. The number of benzene rings is 2. The van der Waals surface area contributed by atoms with Gasteiger partial charge in [-0.3, -0.25) is 4.79 Å². The van der Waals surface area contributed by atoms with Crippen LogP contribution in [-0.4, -0.2) is 121 Å². The van der Waals surface area contributed by atoms with E-state index in [0.29, 0.717) is 19.3 Å². The fourth-order valence-corrected chi connectivity index (χ4v) is 4.99. The lowest BCUT2D eigenvalue weighted by Crippen LogP contribution is -2.60. The van der Waals surface area contributed by atoms with Gasteiger partial charge < -0.3 is 59.8 Å². The lowest BCUT2D eigenvalue weighted by atomic mass is 9.97. The average molecular weight is 609 g/mol. The van der Waals surface area contributed by atoms with Crippen LogP contribution in [0.3, 0.4) is 0 Å². The molecule has 2 aromatic rings. The first kappa shape index (κ1) is 33.2. The largest absolute Gasteiger partial charge is 0.508 e. The molecule has 13 nitrogen and oxygen atoms in total. The van der Waals surface area contributed by atoms with Crippen LogP contribution in [0.4, 0.5) is 0 Å². The highest BCUT2D eigenvalue weighted by Gasteiger charge is 2.50. The Labute approximate surface area is 248 Å². The van der Waals surface area contributed by atoms with Gasteiger partial charge in [0.2, 0.25) is 0 Å². The van der Waals surface area contributed by atoms with E-state index in [4.69, 9.17) is 18.9 Å². The summed E-state index contributed by atoms with van der Waals surface area (Å²) in [6.07, 6.45) is -9.97. The molecular formula is C30H40O13. The Morgan fingerprint density at radius 3 is 2.07 bits per heavy atom. The van der Waals surface area contributed by atoms with Crippen molar-refractivity contribution in [2.75, 3.05) is 19.8 Å². The van der Waals surface area contributed by atoms with E-state index in [1.165, 1.54) is 24.3 Å². The number of carbonyl (C=O) groups is 1. The van der Waals surface area contributed by atoms with Gasteiger partial charge >= 0.3 is 0 Å². The van der Waals surface area contributed by atoms with Gasteiger partial charge in [0.1, 0.15) is 53.4 Å². The summed E-state index contributed by atoms with van der Waals surface area (Å²) in [5.41, 5.74) is -0.183. The van der Waals surface area contributed by atoms with E-state index in [2.05, 4.69) is 0 Å². The van der Waals surface area contributed by atoms with Crippen molar-refractivity contribution < 1.29 is 64.6 Å². The quantitative estimate of drug-likeness (QED) is 0.133. The molecule has 2 heterocycles. The number of aliphatic hydroxyl groups excluding tert-OH is 5. The second-order valence-corrected chi connectivity index (χ2v) is 11.1. The summed E-state index contributed by atoms with van der Waals surface area (Å²) < 4.78 is 22.4. The number of carbonyl (C=O) groups excluding carboxylic acids is 1. The molecule has 0 aromatic heterocycles. The SMILES string of the molecule is O=C(CCc1ccc(O)cc1)C[C@H](CCc1ccc(O)cc1)O[C@@H]1O[C@H](CO[C@@H]2OC[C@](O)(CO)[C@H]2O)[C@@H](O)[C@H](O)[C@H]1O. The molecule has 8 N–H and O–H groups in total. The number of phenols is 2. The molecule has 0 saturated carbocycles. The molecule has 43 heavy (non-hydrogen) atoms. The van der Waals surface area contributed by atoms with Gasteiger partial charge in [-0.15, -0.1) is 0 Å². The van der Waals surface area contributed by atoms with E-state index in [1.807, 2.05) is 0 Å². The molecule has 9 atom stereocenters. The Kier molecular flexibility index (Phi) is 11.5. The number of rotatable bonds is 14. The maximum absolute atomic E-state index is 13.0. The first-order valence-corrected chi connectivity index (χ1v) is 14.2. The number of hydrogen-bond donors (Lipinski definition) is 8. The summed E-state index contributed by atoms with van der Waals surface area (Å²) in [5.74, 6) is 0.105. The summed E-state index contributed by atoms with van der Waals surface area (Å²) in [4.78, 5) is 13.0. The predicted molar refractivity (Wildman–Crippen MR) is 148 cm³/mol. The summed E-state index contributed by atoms with van der Waals surface area (Å²) in [6.45, 7) is -1.59. The number of aliphatic hydroxyl groups is 6. The number of ketones is 1. The molecule has 2 fully saturated rings. The highest BCUT2D eigenvalue weighted by Crippen LogP contribution is 2.29. The Hall–Kier alpha value is -2.69. The van der Waals surface area contributed by atoms with Crippen molar-refractivity contribution in [3.05, 3.63) is 59.7 Å². The van der Waals surface area contributed by atoms with Crippen molar-refractivity contribution in [3.8, 4) is 11.5 Å². The summed E-state index contributed by atoms with van der Waals surface area (Å²) in [5, 5.41) is 80.4. The first-order chi connectivity index (χ1) is 20.5. The van der Waals surface area contributed by atoms with Crippen LogP contribution in [0.15, 0.2) is 48.5 Å². The third kappa shape index (κ3) is 8.70. The van der Waals surface area contributed by atoms with Gasteiger partial charge in [-0.2, -0.15) is 0 Å². The fourth-order valence-electron chi connectivity index (χ4n) is 4.99. The fraction of sp³-hybridized carbons (Fsp3) is 0.567. The second kappa shape index (κ2) is 14.9. The van der Waals surface area contributed by atoms with Crippen molar-refractivity contribution in [1.29, 1.82) is 0 Å². The normalized spacial score (nSPS) is 31.6. The Bertz CT molecular complexity index is 1160. The molecule has 0 aliphatic carbocycles. The molecule has 2 aromatic carbocycles. The number of phenolic OH excluding ortho intramolecular Hbond substituents is 2. The smallest absolute Gasteiger partial charge is 0.186 e. The molecule has 0 spiro atoms. The molecule has 2 saturated heterocycles. The molecule has 2 aliphatic heterocycles. The zero-order valence-electron chi connectivity index (χ0n) is 23.5. The maximum atomic E-state index is 13.0. The minimum absolute atomic E-state index is 0.0373. The van der Waals surface area contributed by atoms with E-state index >= 15 is 0 Å². The van der Waals surface area contributed by atoms with Crippen molar-refractivity contribution in [2.24, 2.45) is 0 Å². The van der Waals surface area contributed by atoms with Gasteiger partial charge in [0.25, 0.3) is 0 Å².